The van der Waals surface area contributed by atoms with Crippen molar-refractivity contribution in [1.29, 1.82) is 0 Å². The average molecular weight is 152 g/mol. The van der Waals surface area contributed by atoms with E-state index in [1.165, 1.54) is 11.4 Å². The molecule has 1 aliphatic rings. The van der Waals surface area contributed by atoms with E-state index in [2.05, 4.69) is 0 Å². The molecule has 1 aliphatic heterocycles. The monoisotopic (exact) mass is 152 g/mol. The number of hydrogen-bond donors (Lipinski definition) is 1. The van der Waals surface area contributed by atoms with Crippen molar-refractivity contribution in [3.05, 3.63) is 0 Å². The second-order valence-corrected chi connectivity index (χ2v) is 4.84. The molecule has 0 spiro atoms. The molecule has 0 aromatic heterocycles. The Labute approximate surface area is 54.3 Å². The SMILES string of the molecule is CC1CCSP(O)O1. The maximum absolute atomic E-state index is 8.89. The maximum Gasteiger partial charge on any atom is 0.235 e. The molecule has 2 atom stereocenters. The first-order valence-electron chi connectivity index (χ1n) is 2.58. The van der Waals surface area contributed by atoms with Crippen LogP contribution in [-0.2, 0) is 4.52 Å². The van der Waals surface area contributed by atoms with E-state index >= 15 is 0 Å². The number of hydrogen-bond acceptors (Lipinski definition) is 3. The zero-order valence-corrected chi connectivity index (χ0v) is 6.41. The minimum absolute atomic E-state index is 0.271. The quantitative estimate of drug-likeness (QED) is 0.536. The van der Waals surface area contributed by atoms with Gasteiger partial charge in [0.05, 0.1) is 6.10 Å². The van der Waals surface area contributed by atoms with E-state index in [1.807, 2.05) is 6.92 Å². The van der Waals surface area contributed by atoms with Crippen molar-refractivity contribution in [1.82, 2.24) is 0 Å². The minimum Gasteiger partial charge on any atom is -0.342 e. The van der Waals surface area contributed by atoms with Crippen molar-refractivity contribution in [3.63, 3.8) is 0 Å². The van der Waals surface area contributed by atoms with Crippen molar-refractivity contribution in [3.8, 4) is 0 Å². The molecule has 0 aliphatic carbocycles. The Bertz CT molecular complexity index is 72.4. The molecule has 4 heteroatoms. The summed E-state index contributed by atoms with van der Waals surface area (Å²) in [5, 5.41) is 0. The van der Waals surface area contributed by atoms with Crippen molar-refractivity contribution in [2.75, 3.05) is 5.75 Å². The lowest BCUT2D eigenvalue weighted by molar-refractivity contribution is 0.222. The highest BCUT2D eigenvalue weighted by Gasteiger charge is 2.17. The third-order valence-electron chi connectivity index (χ3n) is 0.996. The van der Waals surface area contributed by atoms with Crippen LogP contribution in [-0.4, -0.2) is 16.8 Å². The van der Waals surface area contributed by atoms with Gasteiger partial charge in [-0.15, -0.1) is 0 Å². The van der Waals surface area contributed by atoms with Crippen molar-refractivity contribution < 1.29 is 9.42 Å². The van der Waals surface area contributed by atoms with Gasteiger partial charge in [-0.3, -0.25) is 0 Å². The molecule has 0 bridgehead atoms. The van der Waals surface area contributed by atoms with Crippen LogP contribution in [0.2, 0.25) is 0 Å². The van der Waals surface area contributed by atoms with Crippen LogP contribution in [0.5, 0.6) is 0 Å². The molecule has 1 saturated heterocycles. The van der Waals surface area contributed by atoms with Gasteiger partial charge in [0, 0.05) is 5.75 Å². The molecule has 0 aromatic carbocycles. The van der Waals surface area contributed by atoms with Crippen LogP contribution in [0.15, 0.2) is 0 Å². The van der Waals surface area contributed by atoms with Gasteiger partial charge < -0.3 is 9.42 Å². The summed E-state index contributed by atoms with van der Waals surface area (Å²) < 4.78 is 5.07. The van der Waals surface area contributed by atoms with Gasteiger partial charge in [0.2, 0.25) is 7.58 Å². The Morgan fingerprint density at radius 1 is 1.88 bits per heavy atom. The molecule has 0 aromatic rings. The van der Waals surface area contributed by atoms with E-state index < -0.39 is 7.58 Å². The second-order valence-electron chi connectivity index (χ2n) is 1.78. The fraction of sp³-hybridized carbons (Fsp3) is 1.00. The lowest BCUT2D eigenvalue weighted by atomic mass is 10.3. The summed E-state index contributed by atoms with van der Waals surface area (Å²) >= 11 is 1.52. The van der Waals surface area contributed by atoms with Crippen LogP contribution in [0, 0.1) is 0 Å². The highest BCUT2D eigenvalue weighted by molar-refractivity contribution is 8.52. The van der Waals surface area contributed by atoms with E-state index in [-0.39, 0.29) is 6.10 Å². The lowest BCUT2D eigenvalue weighted by Crippen LogP contribution is -2.08. The fourth-order valence-corrected chi connectivity index (χ4v) is 3.01. The third-order valence-corrected chi connectivity index (χ3v) is 3.64. The van der Waals surface area contributed by atoms with Gasteiger partial charge in [-0.25, -0.2) is 0 Å². The van der Waals surface area contributed by atoms with Gasteiger partial charge in [0.1, 0.15) is 0 Å². The average Bonchev–Trinajstić information content (AvgIpc) is 1.64. The van der Waals surface area contributed by atoms with Crippen LogP contribution in [0.1, 0.15) is 13.3 Å². The zero-order chi connectivity index (χ0) is 5.98. The summed E-state index contributed by atoms with van der Waals surface area (Å²) in [7, 11) is -1.11. The normalized spacial score (nSPS) is 39.8. The van der Waals surface area contributed by atoms with E-state index in [0.717, 1.165) is 12.2 Å². The fourth-order valence-electron chi connectivity index (χ4n) is 0.534. The third kappa shape index (κ3) is 1.90. The van der Waals surface area contributed by atoms with E-state index in [9.17, 15) is 0 Å². The smallest absolute Gasteiger partial charge is 0.235 e. The minimum atomic E-state index is -1.11. The van der Waals surface area contributed by atoms with E-state index in [1.54, 1.807) is 0 Å². The summed E-state index contributed by atoms with van der Waals surface area (Å²) in [4.78, 5) is 8.89. The molecular formula is C4H9O2PS. The largest absolute Gasteiger partial charge is 0.342 e. The Hall–Kier alpha value is 0.700. The maximum atomic E-state index is 8.89. The zero-order valence-electron chi connectivity index (χ0n) is 4.70. The van der Waals surface area contributed by atoms with Gasteiger partial charge in [-0.05, 0) is 13.3 Å². The van der Waals surface area contributed by atoms with Crippen molar-refractivity contribution in [2.24, 2.45) is 0 Å². The standard InChI is InChI=1S/C4H9O2PS/c1-4-2-3-8-7(5)6-4/h4-5H,2-3H2,1H3. The van der Waals surface area contributed by atoms with Gasteiger partial charge in [0.25, 0.3) is 0 Å². The van der Waals surface area contributed by atoms with Crippen LogP contribution in [0.25, 0.3) is 0 Å². The summed E-state index contributed by atoms with van der Waals surface area (Å²) in [6, 6.07) is 0. The summed E-state index contributed by atoms with van der Waals surface area (Å²) in [5.74, 6) is 1.05. The Morgan fingerprint density at radius 2 is 2.62 bits per heavy atom. The van der Waals surface area contributed by atoms with Gasteiger partial charge in [-0.1, -0.05) is 11.4 Å². The summed E-state index contributed by atoms with van der Waals surface area (Å²) in [6.07, 6.45) is 1.34. The van der Waals surface area contributed by atoms with Crippen LogP contribution in [0.3, 0.4) is 0 Å². The first kappa shape index (κ1) is 6.81. The Morgan fingerprint density at radius 3 is 3.00 bits per heavy atom. The molecule has 1 fully saturated rings. The van der Waals surface area contributed by atoms with Crippen LogP contribution < -0.4 is 0 Å². The predicted molar refractivity (Wildman–Crippen MR) is 36.8 cm³/mol. The van der Waals surface area contributed by atoms with Crippen LogP contribution >= 0.6 is 19.0 Å². The first-order chi connectivity index (χ1) is 3.79. The van der Waals surface area contributed by atoms with E-state index in [4.69, 9.17) is 9.42 Å². The lowest BCUT2D eigenvalue weighted by Gasteiger charge is -2.21. The highest BCUT2D eigenvalue weighted by Crippen LogP contribution is 2.51. The molecule has 0 radical (unpaired) electrons. The molecular weight excluding hydrogens is 143 g/mol. The van der Waals surface area contributed by atoms with Gasteiger partial charge >= 0.3 is 0 Å². The molecule has 48 valence electrons. The molecule has 0 amide bonds. The molecule has 1 heterocycles. The van der Waals surface area contributed by atoms with Crippen molar-refractivity contribution >= 4 is 19.0 Å². The molecule has 0 saturated carbocycles. The second kappa shape index (κ2) is 3.02. The topological polar surface area (TPSA) is 29.5 Å². The summed E-state index contributed by atoms with van der Waals surface area (Å²) in [5.41, 5.74) is 0. The number of rotatable bonds is 0. The van der Waals surface area contributed by atoms with Crippen LogP contribution in [0.4, 0.5) is 0 Å². The van der Waals surface area contributed by atoms with Gasteiger partial charge in [-0.2, -0.15) is 0 Å². The molecule has 8 heavy (non-hydrogen) atoms. The summed E-state index contributed by atoms with van der Waals surface area (Å²) in [6.45, 7) is 1.99. The first-order valence-corrected chi connectivity index (χ1v) is 5.38. The molecule has 1 rings (SSSR count). The molecule has 2 unspecified atom stereocenters. The van der Waals surface area contributed by atoms with Crippen molar-refractivity contribution in [2.45, 2.75) is 19.4 Å². The molecule has 2 nitrogen and oxygen atoms in total. The Kier molecular flexibility index (Phi) is 2.57. The highest BCUT2D eigenvalue weighted by atomic mass is 32.7. The van der Waals surface area contributed by atoms with Gasteiger partial charge in [0.15, 0.2) is 0 Å². The van der Waals surface area contributed by atoms with E-state index in [0.29, 0.717) is 0 Å². The Balaban J connectivity index is 2.23. The predicted octanol–water partition coefficient (Wildman–Crippen LogP) is 1.75. The molecule has 1 N–H and O–H groups in total.